The Hall–Kier alpha value is -3.06. The highest BCUT2D eigenvalue weighted by atomic mass is 35.5. The van der Waals surface area contributed by atoms with E-state index in [1.165, 1.54) is 0 Å². The number of pyridine rings is 3. The van der Waals surface area contributed by atoms with Crippen molar-refractivity contribution in [2.75, 3.05) is 30.9 Å². The first kappa shape index (κ1) is 24.1. The van der Waals surface area contributed by atoms with Crippen molar-refractivity contribution in [1.82, 2.24) is 24.9 Å². The fourth-order valence-electron chi connectivity index (χ4n) is 3.78. The third kappa shape index (κ3) is 5.20. The number of rotatable bonds is 2. The summed E-state index contributed by atoms with van der Waals surface area (Å²) in [6.07, 6.45) is 2.39. The SMILES string of the molecule is CS(=O)(=O)O.Cc1nccc2[nH]c(=O)c(-c3nc4c(N5CCOC[C@H]5C)nc(Cl)cc4[nH]3)cc12. The first-order chi connectivity index (χ1) is 16.0. The molecule has 0 unspecified atom stereocenters. The van der Waals surface area contributed by atoms with Gasteiger partial charge in [0.15, 0.2) is 5.82 Å². The molecule has 4 aromatic rings. The van der Waals surface area contributed by atoms with Gasteiger partial charge >= 0.3 is 0 Å². The second kappa shape index (κ2) is 9.29. The first-order valence-electron chi connectivity index (χ1n) is 10.3. The lowest BCUT2D eigenvalue weighted by atomic mass is 10.1. The van der Waals surface area contributed by atoms with Crippen molar-refractivity contribution in [1.29, 1.82) is 0 Å². The van der Waals surface area contributed by atoms with Gasteiger partial charge in [0.05, 0.1) is 42.1 Å². The molecule has 180 valence electrons. The lowest BCUT2D eigenvalue weighted by Gasteiger charge is -2.34. The molecule has 11 nitrogen and oxygen atoms in total. The molecule has 5 heterocycles. The molecule has 0 aromatic carbocycles. The number of H-pyrrole nitrogens is 2. The van der Waals surface area contributed by atoms with E-state index in [1.807, 2.05) is 13.0 Å². The van der Waals surface area contributed by atoms with Gasteiger partial charge in [-0.05, 0) is 26.0 Å². The molecule has 0 spiro atoms. The largest absolute Gasteiger partial charge is 0.377 e. The van der Waals surface area contributed by atoms with E-state index < -0.39 is 10.1 Å². The molecule has 1 aliphatic rings. The number of aryl methyl sites for hydroxylation is 1. The number of imidazole rings is 1. The molecule has 1 fully saturated rings. The number of aromatic nitrogens is 5. The van der Waals surface area contributed by atoms with Crippen LogP contribution in [0.25, 0.3) is 33.3 Å². The minimum absolute atomic E-state index is 0.149. The van der Waals surface area contributed by atoms with Crippen LogP contribution in [0.1, 0.15) is 12.6 Å². The molecule has 0 aliphatic carbocycles. The molecule has 0 bridgehead atoms. The molecule has 0 saturated carbocycles. The third-order valence-corrected chi connectivity index (χ3v) is 5.48. The van der Waals surface area contributed by atoms with Crippen molar-refractivity contribution in [2.45, 2.75) is 19.9 Å². The van der Waals surface area contributed by atoms with E-state index in [4.69, 9.17) is 25.9 Å². The molecule has 4 aromatic heterocycles. The summed E-state index contributed by atoms with van der Waals surface area (Å²) in [5, 5.41) is 1.24. The molecule has 34 heavy (non-hydrogen) atoms. The summed E-state index contributed by atoms with van der Waals surface area (Å²) in [4.78, 5) is 34.6. The maximum absolute atomic E-state index is 12.7. The summed E-state index contributed by atoms with van der Waals surface area (Å²) >= 11 is 6.28. The molecule has 5 rings (SSSR count). The van der Waals surface area contributed by atoms with Gasteiger partial charge in [-0.3, -0.25) is 14.3 Å². The highest BCUT2D eigenvalue weighted by Gasteiger charge is 2.25. The van der Waals surface area contributed by atoms with Crippen LogP contribution in [0.2, 0.25) is 5.15 Å². The number of morpholine rings is 1. The Morgan fingerprint density at radius 3 is 2.68 bits per heavy atom. The molecule has 1 saturated heterocycles. The summed E-state index contributed by atoms with van der Waals surface area (Å²) in [6, 6.07) is 5.48. The summed E-state index contributed by atoms with van der Waals surface area (Å²) < 4.78 is 31.4. The molecular formula is C21H23ClN6O5S. The van der Waals surface area contributed by atoms with Crippen LogP contribution in [0.4, 0.5) is 5.82 Å². The average molecular weight is 507 g/mol. The van der Waals surface area contributed by atoms with Crippen molar-refractivity contribution in [3.63, 3.8) is 0 Å². The van der Waals surface area contributed by atoms with Crippen LogP contribution in [0.15, 0.2) is 29.2 Å². The smallest absolute Gasteiger partial charge is 0.261 e. The van der Waals surface area contributed by atoms with Gasteiger partial charge in [0.2, 0.25) is 0 Å². The number of halogens is 1. The van der Waals surface area contributed by atoms with Crippen LogP contribution >= 0.6 is 11.6 Å². The van der Waals surface area contributed by atoms with Crippen molar-refractivity contribution in [2.24, 2.45) is 0 Å². The molecule has 0 amide bonds. The quantitative estimate of drug-likeness (QED) is 0.275. The zero-order valence-corrected chi connectivity index (χ0v) is 20.2. The van der Waals surface area contributed by atoms with E-state index >= 15 is 0 Å². The summed E-state index contributed by atoms with van der Waals surface area (Å²) in [6.45, 7) is 5.92. The van der Waals surface area contributed by atoms with Crippen LogP contribution in [0, 0.1) is 6.92 Å². The number of hydrogen-bond donors (Lipinski definition) is 3. The van der Waals surface area contributed by atoms with Crippen LogP contribution in [0.3, 0.4) is 0 Å². The Balaban J connectivity index is 0.000000499. The van der Waals surface area contributed by atoms with E-state index in [-0.39, 0.29) is 11.6 Å². The minimum atomic E-state index is -3.67. The van der Waals surface area contributed by atoms with Crippen molar-refractivity contribution in [3.8, 4) is 11.4 Å². The molecular weight excluding hydrogens is 484 g/mol. The highest BCUT2D eigenvalue weighted by Crippen LogP contribution is 2.30. The second-order valence-corrected chi connectivity index (χ2v) is 9.82. The van der Waals surface area contributed by atoms with Gasteiger partial charge in [-0.1, -0.05) is 11.6 Å². The maximum Gasteiger partial charge on any atom is 0.261 e. The van der Waals surface area contributed by atoms with Gasteiger partial charge in [0.1, 0.15) is 16.5 Å². The number of ether oxygens (including phenoxy) is 1. The predicted molar refractivity (Wildman–Crippen MR) is 130 cm³/mol. The van der Waals surface area contributed by atoms with Crippen molar-refractivity contribution >= 4 is 49.5 Å². The number of hydrogen-bond acceptors (Lipinski definition) is 8. The zero-order valence-electron chi connectivity index (χ0n) is 18.7. The van der Waals surface area contributed by atoms with Gasteiger partial charge < -0.3 is 19.6 Å². The Labute approximate surface area is 199 Å². The van der Waals surface area contributed by atoms with Crippen LogP contribution in [-0.2, 0) is 14.9 Å². The topological polar surface area (TPSA) is 154 Å². The Bertz CT molecular complexity index is 1530. The summed E-state index contributed by atoms with van der Waals surface area (Å²) in [5.41, 5.74) is 3.22. The van der Waals surface area contributed by atoms with E-state index in [0.29, 0.717) is 53.9 Å². The Morgan fingerprint density at radius 2 is 1.97 bits per heavy atom. The van der Waals surface area contributed by atoms with Gasteiger partial charge in [0, 0.05) is 29.9 Å². The van der Waals surface area contributed by atoms with E-state index in [1.54, 1.807) is 18.3 Å². The van der Waals surface area contributed by atoms with Gasteiger partial charge in [-0.2, -0.15) is 8.42 Å². The lowest BCUT2D eigenvalue weighted by Crippen LogP contribution is -2.44. The van der Waals surface area contributed by atoms with Gasteiger partial charge in [0.25, 0.3) is 15.7 Å². The Kier molecular flexibility index (Phi) is 6.58. The highest BCUT2D eigenvalue weighted by molar-refractivity contribution is 7.85. The van der Waals surface area contributed by atoms with Crippen LogP contribution < -0.4 is 10.5 Å². The lowest BCUT2D eigenvalue weighted by molar-refractivity contribution is 0.0987. The molecule has 0 radical (unpaired) electrons. The van der Waals surface area contributed by atoms with Crippen molar-refractivity contribution < 1.29 is 17.7 Å². The number of fused-ring (bicyclic) bond motifs is 2. The van der Waals surface area contributed by atoms with Crippen LogP contribution in [0.5, 0.6) is 0 Å². The number of nitrogens with zero attached hydrogens (tertiary/aromatic N) is 4. The fourth-order valence-corrected chi connectivity index (χ4v) is 3.97. The van der Waals surface area contributed by atoms with Crippen LogP contribution in [-0.4, -0.2) is 69.9 Å². The summed E-state index contributed by atoms with van der Waals surface area (Å²) in [7, 11) is -3.67. The molecule has 3 N–H and O–H groups in total. The van der Waals surface area contributed by atoms with Crippen molar-refractivity contribution in [3.05, 3.63) is 45.6 Å². The van der Waals surface area contributed by atoms with E-state index in [2.05, 4.69) is 31.8 Å². The van der Waals surface area contributed by atoms with E-state index in [0.717, 1.165) is 22.1 Å². The minimum Gasteiger partial charge on any atom is -0.377 e. The van der Waals surface area contributed by atoms with Gasteiger partial charge in [-0.15, -0.1) is 0 Å². The molecule has 1 atom stereocenters. The fraction of sp³-hybridized carbons (Fsp3) is 0.333. The predicted octanol–water partition coefficient (Wildman–Crippen LogP) is 2.55. The molecule has 1 aliphatic heterocycles. The average Bonchev–Trinajstić information content (AvgIpc) is 3.16. The number of nitrogens with one attached hydrogen (secondary N) is 2. The normalized spacial score (nSPS) is 16.5. The molecule has 13 heteroatoms. The third-order valence-electron chi connectivity index (χ3n) is 5.29. The Morgan fingerprint density at radius 1 is 1.24 bits per heavy atom. The first-order valence-corrected chi connectivity index (χ1v) is 12.6. The monoisotopic (exact) mass is 506 g/mol. The van der Waals surface area contributed by atoms with E-state index in [9.17, 15) is 13.2 Å². The maximum atomic E-state index is 12.7. The number of aromatic amines is 2. The number of anilines is 1. The zero-order chi connectivity index (χ0) is 24.6. The van der Waals surface area contributed by atoms with Gasteiger partial charge in [-0.25, -0.2) is 9.97 Å². The standard InChI is InChI=1S/C20H19ClN6O2.CH4O3S/c1-10-9-29-6-5-27(10)19-17-15(8-16(21)25-19)23-18(26-17)13-7-12-11(2)22-4-3-14(12)24-20(13)28;1-5(2,3)4/h3-4,7-8,10H,5-6,9H2,1-2H3,(H,23,26)(H,24,28);1H3,(H,2,3,4)/t10-;/m1./s1. The second-order valence-electron chi connectivity index (χ2n) is 7.97. The summed E-state index contributed by atoms with van der Waals surface area (Å²) in [5.74, 6) is 1.17.